The third-order valence-corrected chi connectivity index (χ3v) is 4.62. The van der Waals surface area contributed by atoms with E-state index in [9.17, 15) is 19.5 Å². The van der Waals surface area contributed by atoms with Crippen LogP contribution in [0, 0.1) is 0 Å². The lowest BCUT2D eigenvalue weighted by Crippen LogP contribution is -2.23. The van der Waals surface area contributed by atoms with Crippen molar-refractivity contribution in [1.29, 1.82) is 0 Å². The SMILES string of the molecule is COC(=O)C(=C(/C)c1ccc(C(=O)OC(C)(C)C)cc1)/C(=C\c1cccc(OC)c1)C(=O)O. The summed E-state index contributed by atoms with van der Waals surface area (Å²) in [5, 5.41) is 9.89. The van der Waals surface area contributed by atoms with Crippen LogP contribution in [0.4, 0.5) is 0 Å². The number of carbonyl (C=O) groups is 3. The third kappa shape index (κ3) is 6.80. The van der Waals surface area contributed by atoms with E-state index in [1.54, 1.807) is 76.2 Å². The monoisotopic (exact) mass is 452 g/mol. The highest BCUT2D eigenvalue weighted by Crippen LogP contribution is 2.28. The number of carboxylic acids is 1. The van der Waals surface area contributed by atoms with E-state index >= 15 is 0 Å². The molecule has 7 heteroatoms. The average Bonchev–Trinajstić information content (AvgIpc) is 2.77. The number of carboxylic acid groups (broad SMARTS) is 1. The van der Waals surface area contributed by atoms with Gasteiger partial charge in [-0.1, -0.05) is 24.3 Å². The van der Waals surface area contributed by atoms with Crippen molar-refractivity contribution in [2.45, 2.75) is 33.3 Å². The number of benzene rings is 2. The van der Waals surface area contributed by atoms with E-state index in [-0.39, 0.29) is 11.1 Å². The Morgan fingerprint density at radius 3 is 2.06 bits per heavy atom. The van der Waals surface area contributed by atoms with Gasteiger partial charge in [0.05, 0.1) is 30.9 Å². The molecule has 33 heavy (non-hydrogen) atoms. The van der Waals surface area contributed by atoms with E-state index in [4.69, 9.17) is 14.2 Å². The van der Waals surface area contributed by atoms with Crippen molar-refractivity contribution in [3.8, 4) is 5.75 Å². The molecule has 0 saturated heterocycles. The average molecular weight is 453 g/mol. The van der Waals surface area contributed by atoms with E-state index in [0.717, 1.165) is 0 Å². The first-order valence-corrected chi connectivity index (χ1v) is 10.2. The Labute approximate surface area is 193 Å². The summed E-state index contributed by atoms with van der Waals surface area (Å²) in [4.78, 5) is 37.0. The molecule has 2 rings (SSSR count). The van der Waals surface area contributed by atoms with Crippen molar-refractivity contribution < 1.29 is 33.7 Å². The number of methoxy groups -OCH3 is 2. The fourth-order valence-electron chi connectivity index (χ4n) is 3.04. The van der Waals surface area contributed by atoms with Gasteiger partial charge in [0.25, 0.3) is 0 Å². The highest BCUT2D eigenvalue weighted by molar-refractivity contribution is 6.14. The van der Waals surface area contributed by atoms with Gasteiger partial charge in [0, 0.05) is 0 Å². The van der Waals surface area contributed by atoms with Gasteiger partial charge in [-0.2, -0.15) is 0 Å². The Morgan fingerprint density at radius 2 is 1.55 bits per heavy atom. The molecule has 0 aliphatic carbocycles. The number of esters is 2. The van der Waals surface area contributed by atoms with Crippen LogP contribution in [0.2, 0.25) is 0 Å². The summed E-state index contributed by atoms with van der Waals surface area (Å²) in [5.74, 6) is -2.01. The van der Waals surface area contributed by atoms with Crippen molar-refractivity contribution in [3.63, 3.8) is 0 Å². The normalized spacial score (nSPS) is 12.5. The molecule has 0 aliphatic rings. The summed E-state index contributed by atoms with van der Waals surface area (Å²) in [7, 11) is 2.69. The summed E-state index contributed by atoms with van der Waals surface area (Å²) in [6.45, 7) is 6.95. The van der Waals surface area contributed by atoms with Crippen LogP contribution >= 0.6 is 0 Å². The fourth-order valence-corrected chi connectivity index (χ4v) is 3.04. The Bertz CT molecular complexity index is 1100. The number of hydrogen-bond acceptors (Lipinski definition) is 6. The number of hydrogen-bond donors (Lipinski definition) is 1. The van der Waals surface area contributed by atoms with Gasteiger partial charge in [-0.25, -0.2) is 14.4 Å². The molecule has 0 heterocycles. The molecule has 174 valence electrons. The van der Waals surface area contributed by atoms with E-state index in [2.05, 4.69) is 0 Å². The predicted octanol–water partition coefficient (Wildman–Crippen LogP) is 4.77. The molecular weight excluding hydrogens is 424 g/mol. The van der Waals surface area contributed by atoms with Crippen LogP contribution in [0.15, 0.2) is 59.7 Å². The van der Waals surface area contributed by atoms with Crippen molar-refractivity contribution in [2.24, 2.45) is 0 Å². The van der Waals surface area contributed by atoms with Gasteiger partial charge in [0.2, 0.25) is 0 Å². The molecular formula is C26H28O7. The van der Waals surface area contributed by atoms with E-state index < -0.39 is 23.5 Å². The van der Waals surface area contributed by atoms with E-state index in [0.29, 0.717) is 28.0 Å². The first kappa shape index (κ1) is 25.4. The van der Waals surface area contributed by atoms with Crippen molar-refractivity contribution in [1.82, 2.24) is 0 Å². The number of aliphatic carboxylic acids is 1. The second-order valence-corrected chi connectivity index (χ2v) is 8.21. The lowest BCUT2D eigenvalue weighted by atomic mass is 9.93. The van der Waals surface area contributed by atoms with Gasteiger partial charge in [0.1, 0.15) is 11.4 Å². The largest absolute Gasteiger partial charge is 0.497 e. The zero-order chi connectivity index (χ0) is 24.8. The maximum atomic E-state index is 12.6. The standard InChI is InChI=1S/C26H28O7/c1-16(18-10-12-19(13-11-18)24(29)33-26(2,3)4)22(25(30)32-6)21(23(27)28)15-17-8-7-9-20(14-17)31-5/h7-15H,1-6H3,(H,27,28)/b21-15+,22-16-. The molecule has 7 nitrogen and oxygen atoms in total. The zero-order valence-electron chi connectivity index (χ0n) is 19.6. The summed E-state index contributed by atoms with van der Waals surface area (Å²) < 4.78 is 15.4. The van der Waals surface area contributed by atoms with Crippen LogP contribution in [0.1, 0.15) is 49.2 Å². The molecule has 0 saturated carbocycles. The molecule has 2 aromatic rings. The quantitative estimate of drug-likeness (QED) is 0.367. The minimum atomic E-state index is -1.29. The van der Waals surface area contributed by atoms with Gasteiger partial charge in [-0.05, 0) is 74.7 Å². The van der Waals surface area contributed by atoms with Crippen molar-refractivity contribution in [2.75, 3.05) is 14.2 Å². The number of rotatable bonds is 7. The first-order chi connectivity index (χ1) is 15.5. The summed E-state index contributed by atoms with van der Waals surface area (Å²) in [6, 6.07) is 13.2. The van der Waals surface area contributed by atoms with Crippen LogP contribution < -0.4 is 4.74 Å². The molecule has 0 atom stereocenters. The lowest BCUT2D eigenvalue weighted by Gasteiger charge is -2.19. The zero-order valence-corrected chi connectivity index (χ0v) is 19.6. The molecule has 0 fully saturated rings. The Kier molecular flexibility index (Phi) is 8.18. The Morgan fingerprint density at radius 1 is 0.939 bits per heavy atom. The van der Waals surface area contributed by atoms with Gasteiger partial charge < -0.3 is 19.3 Å². The molecule has 0 aliphatic heterocycles. The number of allylic oxidation sites excluding steroid dienone is 1. The van der Waals surface area contributed by atoms with Gasteiger partial charge in [0.15, 0.2) is 0 Å². The van der Waals surface area contributed by atoms with E-state index in [1.807, 2.05) is 0 Å². The highest BCUT2D eigenvalue weighted by atomic mass is 16.6. The Balaban J connectivity index is 2.57. The van der Waals surface area contributed by atoms with Crippen LogP contribution in [-0.4, -0.2) is 42.8 Å². The topological polar surface area (TPSA) is 99.1 Å². The smallest absolute Gasteiger partial charge is 0.339 e. The second-order valence-electron chi connectivity index (χ2n) is 8.21. The third-order valence-electron chi connectivity index (χ3n) is 4.62. The molecule has 0 unspecified atom stereocenters. The predicted molar refractivity (Wildman–Crippen MR) is 125 cm³/mol. The number of ether oxygens (including phenoxy) is 3. The summed E-state index contributed by atoms with van der Waals surface area (Å²) in [6.07, 6.45) is 1.38. The minimum absolute atomic E-state index is 0.0992. The molecule has 0 amide bonds. The van der Waals surface area contributed by atoms with Gasteiger partial charge >= 0.3 is 17.9 Å². The highest BCUT2D eigenvalue weighted by Gasteiger charge is 2.25. The lowest BCUT2D eigenvalue weighted by molar-refractivity contribution is -0.138. The number of carbonyl (C=O) groups excluding carboxylic acids is 2. The Hall–Kier alpha value is -3.87. The van der Waals surface area contributed by atoms with Gasteiger partial charge in [-0.3, -0.25) is 0 Å². The minimum Gasteiger partial charge on any atom is -0.497 e. The molecule has 1 N–H and O–H groups in total. The van der Waals surface area contributed by atoms with Gasteiger partial charge in [-0.15, -0.1) is 0 Å². The van der Waals surface area contributed by atoms with E-state index in [1.165, 1.54) is 20.3 Å². The molecule has 2 aromatic carbocycles. The molecule has 0 bridgehead atoms. The summed E-state index contributed by atoms with van der Waals surface area (Å²) in [5.41, 5.74) is 0.856. The van der Waals surface area contributed by atoms with Crippen LogP contribution in [0.5, 0.6) is 5.75 Å². The maximum absolute atomic E-state index is 12.6. The summed E-state index contributed by atoms with van der Waals surface area (Å²) >= 11 is 0. The first-order valence-electron chi connectivity index (χ1n) is 10.2. The molecule has 0 radical (unpaired) electrons. The van der Waals surface area contributed by atoms with Crippen LogP contribution in [0.3, 0.4) is 0 Å². The van der Waals surface area contributed by atoms with Crippen molar-refractivity contribution in [3.05, 3.63) is 76.4 Å². The molecule has 0 aromatic heterocycles. The fraction of sp³-hybridized carbons (Fsp3) is 0.269. The van der Waals surface area contributed by atoms with Crippen LogP contribution in [0.25, 0.3) is 11.6 Å². The second kappa shape index (κ2) is 10.6. The van der Waals surface area contributed by atoms with Crippen LogP contribution in [-0.2, 0) is 19.1 Å². The van der Waals surface area contributed by atoms with Crippen molar-refractivity contribution >= 4 is 29.6 Å². The maximum Gasteiger partial charge on any atom is 0.339 e. The molecule has 0 spiro atoms.